The van der Waals surface area contributed by atoms with Gasteiger partial charge >= 0.3 is 169 Å². The van der Waals surface area contributed by atoms with E-state index in [9.17, 15) is 0 Å². The first kappa shape index (κ1) is 19.9. The molecule has 0 spiro atoms. The van der Waals surface area contributed by atoms with E-state index in [1.807, 2.05) is 91.0 Å². The molecule has 0 N–H and O–H groups in total. The van der Waals surface area contributed by atoms with Crippen molar-refractivity contribution >= 4 is 8.32 Å². The molecule has 0 aliphatic heterocycles. The van der Waals surface area contributed by atoms with E-state index in [0.29, 0.717) is 17.2 Å². The van der Waals surface area contributed by atoms with Crippen molar-refractivity contribution in [1.29, 1.82) is 0 Å². The third kappa shape index (κ3) is 6.35. The van der Waals surface area contributed by atoms with Crippen molar-refractivity contribution < 1.29 is 33.0 Å². The van der Waals surface area contributed by atoms with Gasteiger partial charge in [-0.05, 0) is 0 Å². The summed E-state index contributed by atoms with van der Waals surface area (Å²) in [7, 11) is -2.04. The fraction of sp³-hybridized carbons (Fsp3) is 0.143. The van der Waals surface area contributed by atoms with Gasteiger partial charge in [-0.2, -0.15) is 0 Å². The zero-order valence-corrected chi connectivity index (χ0v) is 19.3. The quantitative estimate of drug-likeness (QED) is 0.394. The Morgan fingerprint density at radius 1 is 0.519 bits per heavy atom. The van der Waals surface area contributed by atoms with Crippen molar-refractivity contribution in [3.63, 3.8) is 0 Å². The minimum absolute atomic E-state index is 0.679. The molecule has 0 heterocycles. The van der Waals surface area contributed by atoms with Crippen LogP contribution in [0.5, 0.6) is 17.2 Å². The molecule has 27 heavy (non-hydrogen) atoms. The van der Waals surface area contributed by atoms with Gasteiger partial charge in [-0.1, -0.05) is 0 Å². The maximum absolute atomic E-state index is 6.52. The normalized spacial score (nSPS) is 11.7. The van der Waals surface area contributed by atoms with Gasteiger partial charge < -0.3 is 0 Å². The second-order valence-corrected chi connectivity index (χ2v) is 16.9. The van der Waals surface area contributed by atoms with Crippen molar-refractivity contribution in [1.82, 2.24) is 0 Å². The summed E-state index contributed by atoms with van der Waals surface area (Å²) in [4.78, 5) is 0. The van der Waals surface area contributed by atoms with E-state index in [1.54, 1.807) is 0 Å². The predicted octanol–water partition coefficient (Wildman–Crippen LogP) is 5.89. The van der Waals surface area contributed by atoms with Gasteiger partial charge in [0.15, 0.2) is 0 Å². The van der Waals surface area contributed by atoms with Gasteiger partial charge in [-0.3, -0.25) is 0 Å². The molecule has 0 aliphatic rings. The molecule has 0 fully saturated rings. The van der Waals surface area contributed by atoms with Gasteiger partial charge in [0.25, 0.3) is 0 Å². The van der Waals surface area contributed by atoms with Gasteiger partial charge in [0, 0.05) is 0 Å². The van der Waals surface area contributed by atoms with Crippen LogP contribution in [0.25, 0.3) is 0 Å². The second kappa shape index (κ2) is 8.87. The molecule has 0 saturated carbocycles. The van der Waals surface area contributed by atoms with Crippen LogP contribution < -0.4 is 8.44 Å². The Labute approximate surface area is 168 Å². The summed E-state index contributed by atoms with van der Waals surface area (Å²) in [6.45, 7) is 6.32. The van der Waals surface area contributed by atoms with Crippen LogP contribution >= 0.6 is 0 Å². The molecule has 3 aromatic carbocycles. The van der Waals surface area contributed by atoms with E-state index >= 15 is 0 Å². The molecule has 0 aromatic heterocycles. The Morgan fingerprint density at radius 2 is 0.815 bits per heavy atom. The van der Waals surface area contributed by atoms with Crippen LogP contribution in [-0.2, 0) is 24.5 Å². The van der Waals surface area contributed by atoms with Crippen molar-refractivity contribution in [3.8, 4) is 17.2 Å². The Bertz CT molecular complexity index is 722. The first-order chi connectivity index (χ1) is 12.9. The van der Waals surface area contributed by atoms with Crippen LogP contribution in [0.4, 0.5) is 0 Å². The summed E-state index contributed by atoms with van der Waals surface area (Å²) in [6.07, 6.45) is 0. The van der Waals surface area contributed by atoms with E-state index in [4.69, 9.17) is 10.9 Å². The SMILES string of the molecule is C[Si](C)(C)[O][Zr]([O]c1ccccc1)([O]c1ccccc1)[O]c1ccccc1. The second-order valence-electron chi connectivity index (χ2n) is 6.96. The third-order valence-corrected chi connectivity index (χ3v) is 14.2. The number of benzene rings is 3. The molecule has 3 rings (SSSR count). The van der Waals surface area contributed by atoms with Crippen molar-refractivity contribution in [2.75, 3.05) is 0 Å². The molecule has 3 aromatic rings. The minimum atomic E-state index is -4.54. The fourth-order valence-electron chi connectivity index (χ4n) is 2.40. The summed E-state index contributed by atoms with van der Waals surface area (Å²) in [5.41, 5.74) is 0. The molecule has 0 unspecified atom stereocenters. The monoisotopic (exact) mass is 458 g/mol. The van der Waals surface area contributed by atoms with Gasteiger partial charge in [0.1, 0.15) is 0 Å². The average Bonchev–Trinajstić information content (AvgIpc) is 2.62. The maximum atomic E-state index is 6.52. The standard InChI is InChI=1S/3C6H6O.C3H9OSi.Zr/c3*7-6-4-2-1-3-5-6;1-5(2,3)4;/h3*1-5,7H;1-3H3;/q;;;-1;+4/p-3. The molecule has 0 amide bonds. The zero-order valence-electron chi connectivity index (χ0n) is 15.8. The van der Waals surface area contributed by atoms with Crippen molar-refractivity contribution in [2.45, 2.75) is 19.6 Å². The van der Waals surface area contributed by atoms with Crippen LogP contribution in [0.15, 0.2) is 91.0 Å². The predicted molar refractivity (Wildman–Crippen MR) is 106 cm³/mol. The summed E-state index contributed by atoms with van der Waals surface area (Å²) in [5, 5.41) is 0. The van der Waals surface area contributed by atoms with Crippen LogP contribution in [0.2, 0.25) is 19.6 Å². The Morgan fingerprint density at radius 3 is 1.07 bits per heavy atom. The molecule has 0 bridgehead atoms. The van der Waals surface area contributed by atoms with Gasteiger partial charge in [0.2, 0.25) is 0 Å². The van der Waals surface area contributed by atoms with Crippen LogP contribution in [0.1, 0.15) is 0 Å². The van der Waals surface area contributed by atoms with E-state index in [1.165, 1.54) is 0 Å². The van der Waals surface area contributed by atoms with Crippen molar-refractivity contribution in [3.05, 3.63) is 91.0 Å². The topological polar surface area (TPSA) is 36.9 Å². The summed E-state index contributed by atoms with van der Waals surface area (Å²) in [5.74, 6) is 2.04. The zero-order chi connectivity index (χ0) is 19.2. The molecule has 0 radical (unpaired) electrons. The number of para-hydroxylation sites is 3. The number of hydrogen-bond acceptors (Lipinski definition) is 4. The first-order valence-electron chi connectivity index (χ1n) is 8.87. The van der Waals surface area contributed by atoms with E-state index in [2.05, 4.69) is 19.6 Å². The first-order valence-corrected chi connectivity index (χ1v) is 16.3. The molecule has 6 heteroatoms. The molecular weight excluding hydrogens is 436 g/mol. The van der Waals surface area contributed by atoms with Crippen LogP contribution in [0.3, 0.4) is 0 Å². The number of rotatable bonds is 8. The van der Waals surface area contributed by atoms with Gasteiger partial charge in [-0.25, -0.2) is 0 Å². The number of hydrogen-bond donors (Lipinski definition) is 0. The van der Waals surface area contributed by atoms with E-state index in [0.717, 1.165) is 0 Å². The van der Waals surface area contributed by atoms with Gasteiger partial charge in [0.05, 0.1) is 0 Å². The summed E-state index contributed by atoms with van der Waals surface area (Å²) in [6, 6.07) is 28.7. The van der Waals surface area contributed by atoms with Crippen LogP contribution in [-0.4, -0.2) is 8.32 Å². The van der Waals surface area contributed by atoms with Crippen molar-refractivity contribution in [2.24, 2.45) is 0 Å². The van der Waals surface area contributed by atoms with Gasteiger partial charge in [-0.15, -0.1) is 0 Å². The third-order valence-electron chi connectivity index (χ3n) is 3.39. The van der Waals surface area contributed by atoms with Crippen LogP contribution in [0, 0.1) is 0 Å². The molecule has 0 saturated heterocycles. The summed E-state index contributed by atoms with van der Waals surface area (Å²) < 4.78 is 25.6. The Hall–Kier alpha value is -1.88. The van der Waals surface area contributed by atoms with E-state index < -0.39 is 30.3 Å². The fourth-order valence-corrected chi connectivity index (χ4v) is 13.2. The molecular formula is C21H24O4SiZr. The Kier molecular flexibility index (Phi) is 6.53. The molecule has 140 valence electrons. The molecule has 4 nitrogen and oxygen atoms in total. The van der Waals surface area contributed by atoms with E-state index in [-0.39, 0.29) is 0 Å². The molecule has 0 aliphatic carbocycles. The Balaban J connectivity index is 2.01. The summed E-state index contributed by atoms with van der Waals surface area (Å²) >= 11 is -4.54. The molecule has 0 atom stereocenters. The average molecular weight is 460 g/mol.